The zero-order chi connectivity index (χ0) is 14.7. The van der Waals surface area contributed by atoms with Crippen LogP contribution in [-0.2, 0) is 0 Å². The van der Waals surface area contributed by atoms with Gasteiger partial charge in [-0.2, -0.15) is 0 Å². The number of nitrogens with zero attached hydrogens (tertiary/aromatic N) is 1. The highest BCUT2D eigenvalue weighted by Crippen LogP contribution is 2.41. The van der Waals surface area contributed by atoms with Crippen LogP contribution in [0.1, 0.15) is 65.2 Å². The van der Waals surface area contributed by atoms with E-state index in [1.54, 1.807) is 0 Å². The van der Waals surface area contributed by atoms with Gasteiger partial charge >= 0.3 is 0 Å². The van der Waals surface area contributed by atoms with E-state index in [9.17, 15) is 0 Å². The molecule has 122 valence electrons. The molecule has 0 aromatic carbocycles. The molecule has 1 N–H and O–H groups in total. The molecule has 0 aromatic heterocycles. The molecule has 0 heterocycles. The molecule has 0 aliphatic heterocycles. The summed E-state index contributed by atoms with van der Waals surface area (Å²) in [7, 11) is 0. The monoisotopic (exact) mass is 292 g/mol. The molecule has 21 heavy (non-hydrogen) atoms. The van der Waals surface area contributed by atoms with Gasteiger partial charge in [-0.15, -0.1) is 0 Å². The Bertz CT molecular complexity index is 292. The lowest BCUT2D eigenvalue weighted by Crippen LogP contribution is -2.47. The van der Waals surface area contributed by atoms with Gasteiger partial charge in [0.25, 0.3) is 0 Å². The van der Waals surface area contributed by atoms with Crippen LogP contribution >= 0.6 is 0 Å². The molecule has 0 spiro atoms. The first-order valence-electron chi connectivity index (χ1n) is 9.62. The zero-order valence-corrected chi connectivity index (χ0v) is 14.4. The van der Waals surface area contributed by atoms with Crippen molar-refractivity contribution in [2.24, 2.45) is 23.2 Å². The Balaban J connectivity index is 1.59. The van der Waals surface area contributed by atoms with Gasteiger partial charge < -0.3 is 10.2 Å². The molecule has 2 nitrogen and oxygen atoms in total. The number of rotatable bonds is 9. The molecule has 0 atom stereocenters. The summed E-state index contributed by atoms with van der Waals surface area (Å²) < 4.78 is 0. The first-order chi connectivity index (χ1) is 10.2. The van der Waals surface area contributed by atoms with Crippen molar-refractivity contribution in [3.63, 3.8) is 0 Å². The minimum absolute atomic E-state index is 0.576. The second-order valence-corrected chi connectivity index (χ2v) is 8.54. The van der Waals surface area contributed by atoms with Crippen molar-refractivity contribution in [3.8, 4) is 0 Å². The van der Waals surface area contributed by atoms with Crippen LogP contribution < -0.4 is 5.32 Å². The fourth-order valence-electron chi connectivity index (χ4n) is 4.16. The highest BCUT2D eigenvalue weighted by Gasteiger charge is 2.38. The van der Waals surface area contributed by atoms with Crippen LogP contribution in [0, 0.1) is 23.2 Å². The normalized spacial score (nSPS) is 33.6. The second-order valence-electron chi connectivity index (χ2n) is 8.54. The minimum atomic E-state index is 0.576. The molecule has 3 rings (SSSR count). The van der Waals surface area contributed by atoms with Crippen molar-refractivity contribution in [1.29, 1.82) is 0 Å². The molecule has 2 heteroatoms. The van der Waals surface area contributed by atoms with Gasteiger partial charge in [0.15, 0.2) is 0 Å². The lowest BCUT2D eigenvalue weighted by atomic mass is 9.70. The van der Waals surface area contributed by atoms with Crippen LogP contribution in [0.15, 0.2) is 0 Å². The number of hydrogen-bond acceptors (Lipinski definition) is 2. The molecule has 3 fully saturated rings. The summed E-state index contributed by atoms with van der Waals surface area (Å²) in [5, 5.41) is 3.69. The van der Waals surface area contributed by atoms with Crippen molar-refractivity contribution < 1.29 is 0 Å². The number of hydrogen-bond donors (Lipinski definition) is 1. The zero-order valence-electron chi connectivity index (χ0n) is 14.4. The SMILES string of the molecule is CCNCC1(CN(CC2CC2)CC2CC2)CCC(C)CC1. The average Bonchev–Trinajstić information content (AvgIpc) is 3.36. The lowest BCUT2D eigenvalue weighted by Gasteiger charge is -2.43. The van der Waals surface area contributed by atoms with Gasteiger partial charge in [0, 0.05) is 26.2 Å². The fraction of sp³-hybridized carbons (Fsp3) is 1.00. The number of nitrogens with one attached hydrogen (secondary N) is 1. The Morgan fingerprint density at radius 1 is 0.952 bits per heavy atom. The van der Waals surface area contributed by atoms with Gasteiger partial charge in [-0.05, 0) is 68.2 Å². The molecule has 3 aliphatic rings. The topological polar surface area (TPSA) is 15.3 Å². The molecular formula is C19H36N2. The fourth-order valence-corrected chi connectivity index (χ4v) is 4.16. The summed E-state index contributed by atoms with van der Waals surface area (Å²) >= 11 is 0. The van der Waals surface area contributed by atoms with E-state index in [4.69, 9.17) is 0 Å². The highest BCUT2D eigenvalue weighted by atomic mass is 15.1. The third-order valence-electron chi connectivity index (χ3n) is 6.07. The molecule has 0 unspecified atom stereocenters. The summed E-state index contributed by atoms with van der Waals surface area (Å²) in [6.07, 6.45) is 11.8. The highest BCUT2D eigenvalue weighted by molar-refractivity contribution is 4.92. The maximum atomic E-state index is 3.69. The lowest BCUT2D eigenvalue weighted by molar-refractivity contribution is 0.0816. The molecule has 3 saturated carbocycles. The molecule has 0 amide bonds. The van der Waals surface area contributed by atoms with E-state index in [2.05, 4.69) is 24.1 Å². The van der Waals surface area contributed by atoms with Crippen molar-refractivity contribution in [1.82, 2.24) is 10.2 Å². The molecule has 0 aromatic rings. The largest absolute Gasteiger partial charge is 0.316 e. The van der Waals surface area contributed by atoms with Gasteiger partial charge in [-0.3, -0.25) is 0 Å². The summed E-state index contributed by atoms with van der Waals surface area (Å²) in [5.41, 5.74) is 0.576. The summed E-state index contributed by atoms with van der Waals surface area (Å²) in [6, 6.07) is 0. The van der Waals surface area contributed by atoms with Crippen LogP contribution in [0.3, 0.4) is 0 Å². The standard InChI is InChI=1S/C19H36N2/c1-3-20-14-19(10-8-16(2)9-11-19)15-21(12-17-4-5-17)13-18-6-7-18/h16-18,20H,3-15H2,1-2H3. The smallest absolute Gasteiger partial charge is 0.00504 e. The van der Waals surface area contributed by atoms with Crippen LogP contribution in [0.4, 0.5) is 0 Å². The predicted molar refractivity (Wildman–Crippen MR) is 90.5 cm³/mol. The molecular weight excluding hydrogens is 256 g/mol. The third kappa shape index (κ3) is 4.96. The van der Waals surface area contributed by atoms with E-state index >= 15 is 0 Å². The van der Waals surface area contributed by atoms with Crippen molar-refractivity contribution in [2.75, 3.05) is 32.7 Å². The van der Waals surface area contributed by atoms with Gasteiger partial charge in [0.2, 0.25) is 0 Å². The predicted octanol–water partition coefficient (Wildman–Crippen LogP) is 3.91. The van der Waals surface area contributed by atoms with E-state index < -0.39 is 0 Å². The summed E-state index contributed by atoms with van der Waals surface area (Å²) in [6.45, 7) is 11.3. The minimum Gasteiger partial charge on any atom is -0.316 e. The van der Waals surface area contributed by atoms with Crippen LogP contribution in [-0.4, -0.2) is 37.6 Å². The van der Waals surface area contributed by atoms with Gasteiger partial charge in [0.05, 0.1) is 0 Å². The van der Waals surface area contributed by atoms with Crippen LogP contribution in [0.2, 0.25) is 0 Å². The summed E-state index contributed by atoms with van der Waals surface area (Å²) in [5.74, 6) is 3.05. The van der Waals surface area contributed by atoms with E-state index in [0.29, 0.717) is 5.41 Å². The van der Waals surface area contributed by atoms with Crippen molar-refractivity contribution >= 4 is 0 Å². The van der Waals surface area contributed by atoms with E-state index in [-0.39, 0.29) is 0 Å². The van der Waals surface area contributed by atoms with Gasteiger partial charge in [0.1, 0.15) is 0 Å². The maximum absolute atomic E-state index is 3.69. The van der Waals surface area contributed by atoms with E-state index in [1.165, 1.54) is 77.5 Å². The van der Waals surface area contributed by atoms with Crippen molar-refractivity contribution in [3.05, 3.63) is 0 Å². The average molecular weight is 293 g/mol. The van der Waals surface area contributed by atoms with Crippen LogP contribution in [0.25, 0.3) is 0 Å². The third-order valence-corrected chi connectivity index (χ3v) is 6.07. The molecule has 3 aliphatic carbocycles. The Hall–Kier alpha value is -0.0800. The van der Waals surface area contributed by atoms with Gasteiger partial charge in [-0.25, -0.2) is 0 Å². The first kappa shape index (κ1) is 15.8. The molecule has 0 radical (unpaired) electrons. The molecule has 0 bridgehead atoms. The quantitative estimate of drug-likeness (QED) is 0.693. The summed E-state index contributed by atoms with van der Waals surface area (Å²) in [4.78, 5) is 2.88. The Labute approximate surface area is 132 Å². The Morgan fingerprint density at radius 3 is 2.00 bits per heavy atom. The molecule has 0 saturated heterocycles. The van der Waals surface area contributed by atoms with Crippen molar-refractivity contribution in [2.45, 2.75) is 65.2 Å². The Morgan fingerprint density at radius 2 is 1.52 bits per heavy atom. The van der Waals surface area contributed by atoms with E-state index in [1.807, 2.05) is 0 Å². The Kier molecular flexibility index (Phi) is 5.27. The first-order valence-corrected chi connectivity index (χ1v) is 9.62. The van der Waals surface area contributed by atoms with Crippen LogP contribution in [0.5, 0.6) is 0 Å². The second kappa shape index (κ2) is 7.00. The van der Waals surface area contributed by atoms with E-state index in [0.717, 1.165) is 24.3 Å². The van der Waals surface area contributed by atoms with Gasteiger partial charge in [-0.1, -0.05) is 26.7 Å². The maximum Gasteiger partial charge on any atom is 0.00504 e.